The molecular formula is C23H35N5O. The molecule has 0 aliphatic carbocycles. The van der Waals surface area contributed by atoms with Crippen molar-refractivity contribution in [3.05, 3.63) is 35.5 Å². The number of nitrogens with one attached hydrogen (secondary N) is 2. The van der Waals surface area contributed by atoms with Crippen molar-refractivity contribution in [1.29, 1.82) is 0 Å². The van der Waals surface area contributed by atoms with Gasteiger partial charge in [-0.3, -0.25) is 9.89 Å². The Labute approximate surface area is 174 Å². The Bertz CT molecular complexity index is 824. The number of aromatic amines is 1. The molecule has 6 heteroatoms. The van der Waals surface area contributed by atoms with Gasteiger partial charge in [0.15, 0.2) is 5.96 Å². The molecule has 2 aliphatic rings. The first-order valence-corrected chi connectivity index (χ1v) is 11.2. The van der Waals surface area contributed by atoms with Gasteiger partial charge in [0.05, 0.1) is 13.2 Å². The van der Waals surface area contributed by atoms with Crippen molar-refractivity contribution < 1.29 is 4.74 Å². The largest absolute Gasteiger partial charge is 0.379 e. The van der Waals surface area contributed by atoms with Crippen LogP contribution in [0, 0.1) is 0 Å². The van der Waals surface area contributed by atoms with Gasteiger partial charge >= 0.3 is 0 Å². The van der Waals surface area contributed by atoms with Gasteiger partial charge in [0.2, 0.25) is 0 Å². The number of benzene rings is 1. The van der Waals surface area contributed by atoms with E-state index in [-0.39, 0.29) is 0 Å². The lowest BCUT2D eigenvalue weighted by molar-refractivity contribution is 0.0195. The zero-order valence-electron chi connectivity index (χ0n) is 17.9. The number of aryl methyl sites for hydroxylation is 1. The second kappa shape index (κ2) is 9.63. The van der Waals surface area contributed by atoms with Crippen molar-refractivity contribution >= 4 is 16.9 Å². The number of H-pyrrole nitrogens is 1. The zero-order valence-corrected chi connectivity index (χ0v) is 17.9. The normalized spacial score (nSPS) is 21.2. The molecule has 1 aromatic carbocycles. The van der Waals surface area contributed by atoms with E-state index in [0.29, 0.717) is 6.04 Å². The number of para-hydroxylation sites is 1. The summed E-state index contributed by atoms with van der Waals surface area (Å²) in [5.41, 5.74) is 4.04. The van der Waals surface area contributed by atoms with Crippen LogP contribution in [0.1, 0.15) is 31.4 Å². The van der Waals surface area contributed by atoms with Gasteiger partial charge in [-0.05, 0) is 37.3 Å². The van der Waals surface area contributed by atoms with Gasteiger partial charge in [-0.15, -0.1) is 0 Å². The van der Waals surface area contributed by atoms with Gasteiger partial charge in [0.1, 0.15) is 0 Å². The highest BCUT2D eigenvalue weighted by atomic mass is 16.5. The molecule has 3 heterocycles. The average Bonchev–Trinajstić information content (AvgIpc) is 3.41. The molecular weight excluding hydrogens is 362 g/mol. The van der Waals surface area contributed by atoms with Gasteiger partial charge in [0, 0.05) is 62.4 Å². The number of hydrogen-bond donors (Lipinski definition) is 2. The average molecular weight is 398 g/mol. The predicted octanol–water partition coefficient (Wildman–Crippen LogP) is 2.64. The molecule has 2 aliphatic heterocycles. The van der Waals surface area contributed by atoms with Gasteiger partial charge in [0.25, 0.3) is 0 Å². The number of likely N-dealkylation sites (tertiary alicyclic amines) is 1. The van der Waals surface area contributed by atoms with E-state index in [0.717, 1.165) is 71.3 Å². The quantitative estimate of drug-likeness (QED) is 0.581. The fourth-order valence-electron chi connectivity index (χ4n) is 4.66. The molecule has 0 spiro atoms. The van der Waals surface area contributed by atoms with E-state index in [2.05, 4.69) is 58.3 Å². The third kappa shape index (κ3) is 4.59. The van der Waals surface area contributed by atoms with E-state index in [1.165, 1.54) is 28.5 Å². The Morgan fingerprint density at radius 2 is 2.07 bits per heavy atom. The van der Waals surface area contributed by atoms with Gasteiger partial charge in [-0.2, -0.15) is 0 Å². The number of aliphatic imine (C=N–C) groups is 1. The highest BCUT2D eigenvalue weighted by Gasteiger charge is 2.30. The highest BCUT2D eigenvalue weighted by Crippen LogP contribution is 2.23. The van der Waals surface area contributed by atoms with Crippen LogP contribution in [0.4, 0.5) is 0 Å². The minimum Gasteiger partial charge on any atom is -0.379 e. The number of morpholine rings is 1. The summed E-state index contributed by atoms with van der Waals surface area (Å²) in [6.07, 6.45) is 5.39. The number of ether oxygens (including phenoxy) is 1. The number of aromatic nitrogens is 1. The Morgan fingerprint density at radius 3 is 2.86 bits per heavy atom. The predicted molar refractivity (Wildman–Crippen MR) is 120 cm³/mol. The molecule has 1 atom stereocenters. The molecule has 1 unspecified atom stereocenters. The first-order valence-electron chi connectivity index (χ1n) is 11.2. The molecule has 6 nitrogen and oxygen atoms in total. The van der Waals surface area contributed by atoms with Crippen molar-refractivity contribution in [3.8, 4) is 0 Å². The second-order valence-corrected chi connectivity index (χ2v) is 8.03. The van der Waals surface area contributed by atoms with Crippen LogP contribution in [0.3, 0.4) is 0 Å². The molecule has 0 saturated carbocycles. The van der Waals surface area contributed by atoms with Crippen LogP contribution in [-0.2, 0) is 17.6 Å². The summed E-state index contributed by atoms with van der Waals surface area (Å²) in [5, 5.41) is 4.85. The summed E-state index contributed by atoms with van der Waals surface area (Å²) in [6.45, 7) is 12.1. The first kappa shape index (κ1) is 20.2. The van der Waals surface area contributed by atoms with E-state index in [4.69, 9.17) is 9.73 Å². The summed E-state index contributed by atoms with van der Waals surface area (Å²) in [5.74, 6) is 1.07. The maximum Gasteiger partial charge on any atom is 0.193 e. The van der Waals surface area contributed by atoms with Crippen LogP contribution in [0.5, 0.6) is 0 Å². The molecule has 1 aromatic heterocycles. The van der Waals surface area contributed by atoms with Crippen molar-refractivity contribution in [1.82, 2.24) is 20.1 Å². The van der Waals surface area contributed by atoms with Crippen LogP contribution in [0.15, 0.2) is 29.4 Å². The van der Waals surface area contributed by atoms with Crippen LogP contribution in [0.2, 0.25) is 0 Å². The first-order chi connectivity index (χ1) is 14.3. The SMILES string of the molecule is CCNC(=NCCc1c[nH]c2c(CC)cccc12)N1CCC(N2CCOCC2)C1. The monoisotopic (exact) mass is 397 g/mol. The van der Waals surface area contributed by atoms with E-state index in [1.54, 1.807) is 0 Å². The fraction of sp³-hybridized carbons (Fsp3) is 0.609. The maximum atomic E-state index is 5.51. The van der Waals surface area contributed by atoms with Crippen molar-refractivity contribution in [2.45, 2.75) is 39.2 Å². The number of guanidine groups is 1. The second-order valence-electron chi connectivity index (χ2n) is 8.03. The maximum absolute atomic E-state index is 5.51. The number of hydrogen-bond acceptors (Lipinski definition) is 3. The van der Waals surface area contributed by atoms with Crippen molar-refractivity contribution in [2.75, 3.05) is 52.5 Å². The molecule has 0 amide bonds. The summed E-state index contributed by atoms with van der Waals surface area (Å²) in [4.78, 5) is 13.5. The molecule has 0 radical (unpaired) electrons. The van der Waals surface area contributed by atoms with Gasteiger partial charge in [-0.1, -0.05) is 25.1 Å². The molecule has 2 N–H and O–H groups in total. The van der Waals surface area contributed by atoms with Crippen LogP contribution < -0.4 is 5.32 Å². The zero-order chi connectivity index (χ0) is 20.1. The summed E-state index contributed by atoms with van der Waals surface area (Å²) in [6, 6.07) is 7.23. The highest BCUT2D eigenvalue weighted by molar-refractivity contribution is 5.86. The van der Waals surface area contributed by atoms with Crippen molar-refractivity contribution in [2.24, 2.45) is 4.99 Å². The summed E-state index contributed by atoms with van der Waals surface area (Å²) < 4.78 is 5.51. The van der Waals surface area contributed by atoms with E-state index < -0.39 is 0 Å². The van der Waals surface area contributed by atoms with E-state index in [9.17, 15) is 0 Å². The standard InChI is InChI=1S/C23H35N5O/c1-3-18-6-5-7-21-19(16-26-22(18)21)8-10-25-23(24-4-2)28-11-9-20(17-28)27-12-14-29-15-13-27/h5-7,16,20,26H,3-4,8-15,17H2,1-2H3,(H,24,25). The lowest BCUT2D eigenvalue weighted by Crippen LogP contribution is -2.46. The Balaban J connectivity index is 1.39. The summed E-state index contributed by atoms with van der Waals surface area (Å²) in [7, 11) is 0. The third-order valence-corrected chi connectivity index (χ3v) is 6.27. The number of nitrogens with zero attached hydrogens (tertiary/aromatic N) is 3. The molecule has 2 saturated heterocycles. The molecule has 4 rings (SSSR count). The Hall–Kier alpha value is -2.05. The molecule has 2 aromatic rings. The van der Waals surface area contributed by atoms with E-state index in [1.807, 2.05) is 0 Å². The Kier molecular flexibility index (Phi) is 6.72. The Morgan fingerprint density at radius 1 is 1.21 bits per heavy atom. The van der Waals surface area contributed by atoms with Crippen LogP contribution in [0.25, 0.3) is 10.9 Å². The van der Waals surface area contributed by atoms with Crippen LogP contribution in [-0.4, -0.2) is 79.3 Å². The molecule has 158 valence electrons. The number of rotatable bonds is 6. The molecule has 2 fully saturated rings. The van der Waals surface area contributed by atoms with Gasteiger partial charge < -0.3 is 19.9 Å². The minimum absolute atomic E-state index is 0.629. The molecule has 29 heavy (non-hydrogen) atoms. The fourth-order valence-corrected chi connectivity index (χ4v) is 4.66. The lowest BCUT2D eigenvalue weighted by atomic mass is 10.1. The lowest BCUT2D eigenvalue weighted by Gasteiger charge is -2.32. The third-order valence-electron chi connectivity index (χ3n) is 6.27. The number of fused-ring (bicyclic) bond motifs is 1. The molecule has 0 bridgehead atoms. The van der Waals surface area contributed by atoms with Gasteiger partial charge in [-0.25, -0.2) is 0 Å². The summed E-state index contributed by atoms with van der Waals surface area (Å²) >= 11 is 0. The van der Waals surface area contributed by atoms with E-state index >= 15 is 0 Å². The minimum atomic E-state index is 0.629. The topological polar surface area (TPSA) is 55.9 Å². The van der Waals surface area contributed by atoms with Crippen LogP contribution >= 0.6 is 0 Å². The van der Waals surface area contributed by atoms with Crippen molar-refractivity contribution in [3.63, 3.8) is 0 Å². The smallest absolute Gasteiger partial charge is 0.193 e.